The van der Waals surface area contributed by atoms with Gasteiger partial charge in [0.2, 0.25) is 5.91 Å². The Morgan fingerprint density at radius 3 is 2.88 bits per heavy atom. The van der Waals surface area contributed by atoms with E-state index in [-0.39, 0.29) is 11.5 Å². The molecule has 0 unspecified atom stereocenters. The van der Waals surface area contributed by atoms with Crippen LogP contribution in [0.1, 0.15) is 41.9 Å². The predicted molar refractivity (Wildman–Crippen MR) is 93.7 cm³/mol. The van der Waals surface area contributed by atoms with Crippen LogP contribution >= 0.6 is 0 Å². The molecule has 0 spiro atoms. The summed E-state index contributed by atoms with van der Waals surface area (Å²) in [6.07, 6.45) is 3.26. The molecule has 26 heavy (non-hydrogen) atoms. The highest BCUT2D eigenvalue weighted by Crippen LogP contribution is 2.25. The Morgan fingerprint density at radius 1 is 1.42 bits per heavy atom. The zero-order valence-electron chi connectivity index (χ0n) is 15.3. The number of aromatic nitrogens is 1. The largest absolute Gasteiger partial charge is 0.372 e. The number of nitrogens with zero attached hydrogens (tertiary/aromatic N) is 3. The number of fused-ring (bicyclic) bond motifs is 1. The number of hydroxylamine groups is 1. The van der Waals surface area contributed by atoms with E-state index in [2.05, 4.69) is 9.88 Å². The van der Waals surface area contributed by atoms with Gasteiger partial charge in [-0.15, -0.1) is 0 Å². The molecule has 2 N–H and O–H groups in total. The van der Waals surface area contributed by atoms with Gasteiger partial charge in [0.05, 0.1) is 24.3 Å². The number of carbonyl (C=O) groups is 2. The predicted octanol–water partition coefficient (Wildman–Crippen LogP) is 0.586. The molecule has 3 rings (SSSR count). The van der Waals surface area contributed by atoms with Crippen molar-refractivity contribution in [2.75, 3.05) is 32.8 Å². The molecular formula is C18H26N4O4. The summed E-state index contributed by atoms with van der Waals surface area (Å²) < 4.78 is 5.96. The van der Waals surface area contributed by atoms with Crippen LogP contribution in [0.15, 0.2) is 12.3 Å². The minimum Gasteiger partial charge on any atom is -0.372 e. The first-order valence-corrected chi connectivity index (χ1v) is 8.94. The minimum atomic E-state index is -0.535. The number of amides is 2. The molecule has 0 aromatic carbocycles. The molecule has 8 heteroatoms. The molecule has 0 aliphatic carbocycles. The maximum Gasteiger partial charge on any atom is 0.276 e. The number of hydrogen-bond acceptors (Lipinski definition) is 6. The molecule has 3 heterocycles. The van der Waals surface area contributed by atoms with E-state index in [4.69, 9.17) is 9.94 Å². The van der Waals surface area contributed by atoms with Gasteiger partial charge in [0.25, 0.3) is 5.91 Å². The summed E-state index contributed by atoms with van der Waals surface area (Å²) in [6.45, 7) is 8.25. The number of hydrogen-bond donors (Lipinski definition) is 2. The van der Waals surface area contributed by atoms with Gasteiger partial charge in [0.1, 0.15) is 5.60 Å². The third-order valence-electron chi connectivity index (χ3n) is 5.06. The fraction of sp³-hybridized carbons (Fsp3) is 0.611. The molecule has 0 saturated carbocycles. The second kappa shape index (κ2) is 7.69. The molecule has 1 aromatic heterocycles. The van der Waals surface area contributed by atoms with Crippen LogP contribution in [-0.2, 0) is 22.5 Å². The molecule has 142 valence electrons. The molecule has 1 fully saturated rings. The summed E-state index contributed by atoms with van der Waals surface area (Å²) in [5.41, 5.74) is 3.85. The van der Waals surface area contributed by atoms with Crippen molar-refractivity contribution in [2.24, 2.45) is 0 Å². The Hall–Kier alpha value is -2.03. The van der Waals surface area contributed by atoms with Crippen molar-refractivity contribution in [1.82, 2.24) is 20.3 Å². The summed E-state index contributed by atoms with van der Waals surface area (Å²) in [7, 11) is 0. The fourth-order valence-corrected chi connectivity index (χ4v) is 3.53. The average Bonchev–Trinajstić information content (AvgIpc) is 2.61. The van der Waals surface area contributed by atoms with Crippen molar-refractivity contribution < 1.29 is 19.5 Å². The van der Waals surface area contributed by atoms with Gasteiger partial charge in [-0.1, -0.05) is 0 Å². The molecule has 8 nitrogen and oxygen atoms in total. The average molecular weight is 362 g/mol. The van der Waals surface area contributed by atoms with Crippen LogP contribution in [0.25, 0.3) is 0 Å². The van der Waals surface area contributed by atoms with Gasteiger partial charge in [-0.3, -0.25) is 24.7 Å². The van der Waals surface area contributed by atoms with Crippen molar-refractivity contribution in [3.8, 4) is 0 Å². The van der Waals surface area contributed by atoms with Gasteiger partial charge in [0, 0.05) is 39.4 Å². The zero-order chi connectivity index (χ0) is 18.7. The van der Waals surface area contributed by atoms with Crippen LogP contribution in [-0.4, -0.2) is 70.2 Å². The van der Waals surface area contributed by atoms with Gasteiger partial charge < -0.3 is 9.64 Å². The summed E-state index contributed by atoms with van der Waals surface area (Å²) in [4.78, 5) is 31.2. The first kappa shape index (κ1) is 18.8. The van der Waals surface area contributed by atoms with Crippen LogP contribution < -0.4 is 5.48 Å². The first-order chi connectivity index (χ1) is 12.4. The molecule has 1 saturated heterocycles. The molecule has 2 amide bonds. The zero-order valence-corrected chi connectivity index (χ0v) is 15.3. The Labute approximate surface area is 153 Å². The number of nitrogens with one attached hydrogen (secondary N) is 1. The van der Waals surface area contributed by atoms with Gasteiger partial charge >= 0.3 is 0 Å². The second-order valence-electron chi connectivity index (χ2n) is 7.32. The quantitative estimate of drug-likeness (QED) is 0.437. The lowest BCUT2D eigenvalue weighted by Gasteiger charge is -2.47. The number of rotatable bonds is 6. The van der Waals surface area contributed by atoms with Crippen LogP contribution in [0, 0.1) is 0 Å². The van der Waals surface area contributed by atoms with E-state index < -0.39 is 5.91 Å². The van der Waals surface area contributed by atoms with E-state index in [0.717, 1.165) is 43.7 Å². The van der Waals surface area contributed by atoms with Crippen molar-refractivity contribution in [2.45, 2.75) is 38.8 Å². The highest BCUT2D eigenvalue weighted by Gasteiger charge is 2.40. The Bertz CT molecular complexity index is 688. The molecule has 0 atom stereocenters. The fourth-order valence-electron chi connectivity index (χ4n) is 3.53. The lowest BCUT2D eigenvalue weighted by atomic mass is 9.96. The standard InChI is InChI=1S/C18H26N4O4/c1-13(23)22-11-18(2,12-22)26-7-3-5-21-6-4-14-8-15(17(24)20-25)9-19-16(14)10-21/h8-9,25H,3-7,10-12H2,1-2H3,(H,20,24). The highest BCUT2D eigenvalue weighted by atomic mass is 16.5. The molecule has 0 radical (unpaired) electrons. The van der Waals surface area contributed by atoms with Crippen LogP contribution in [0.5, 0.6) is 0 Å². The topological polar surface area (TPSA) is 95.0 Å². The van der Waals surface area contributed by atoms with Gasteiger partial charge in [0.15, 0.2) is 0 Å². The monoisotopic (exact) mass is 362 g/mol. The SMILES string of the molecule is CC(=O)N1CC(C)(OCCCN2CCc3cc(C(=O)NO)cnc3C2)C1. The lowest BCUT2D eigenvalue weighted by Crippen LogP contribution is -2.62. The van der Waals surface area contributed by atoms with E-state index in [1.165, 1.54) is 6.20 Å². The van der Waals surface area contributed by atoms with Crippen LogP contribution in [0.3, 0.4) is 0 Å². The second-order valence-corrected chi connectivity index (χ2v) is 7.32. The number of pyridine rings is 1. The number of carbonyl (C=O) groups excluding carboxylic acids is 2. The Morgan fingerprint density at radius 2 is 2.19 bits per heavy atom. The van der Waals surface area contributed by atoms with Crippen molar-refractivity contribution in [3.05, 3.63) is 29.1 Å². The van der Waals surface area contributed by atoms with Crippen molar-refractivity contribution >= 4 is 11.8 Å². The van der Waals surface area contributed by atoms with E-state index in [0.29, 0.717) is 25.3 Å². The van der Waals surface area contributed by atoms with Crippen molar-refractivity contribution in [3.63, 3.8) is 0 Å². The Kier molecular flexibility index (Phi) is 5.55. The highest BCUT2D eigenvalue weighted by molar-refractivity contribution is 5.93. The minimum absolute atomic E-state index is 0.102. The third-order valence-corrected chi connectivity index (χ3v) is 5.06. The van der Waals surface area contributed by atoms with Gasteiger partial charge in [-0.25, -0.2) is 5.48 Å². The lowest BCUT2D eigenvalue weighted by molar-refractivity contribution is -0.162. The molecule has 2 aliphatic heterocycles. The summed E-state index contributed by atoms with van der Waals surface area (Å²) >= 11 is 0. The summed E-state index contributed by atoms with van der Waals surface area (Å²) in [5, 5.41) is 8.71. The summed E-state index contributed by atoms with van der Waals surface area (Å²) in [6, 6.07) is 1.80. The maximum atomic E-state index is 11.5. The van der Waals surface area contributed by atoms with Gasteiger partial charge in [-0.2, -0.15) is 0 Å². The molecule has 1 aromatic rings. The number of ether oxygens (including phenoxy) is 1. The maximum absolute atomic E-state index is 11.5. The van der Waals surface area contributed by atoms with Gasteiger partial charge in [-0.05, 0) is 31.4 Å². The van der Waals surface area contributed by atoms with E-state index in [9.17, 15) is 9.59 Å². The summed E-state index contributed by atoms with van der Waals surface area (Å²) in [5.74, 6) is -0.433. The number of likely N-dealkylation sites (tertiary alicyclic amines) is 1. The van der Waals surface area contributed by atoms with E-state index in [1.807, 2.05) is 6.92 Å². The van der Waals surface area contributed by atoms with Crippen LogP contribution in [0.4, 0.5) is 0 Å². The van der Waals surface area contributed by atoms with Crippen molar-refractivity contribution in [1.29, 1.82) is 0 Å². The first-order valence-electron chi connectivity index (χ1n) is 8.94. The Balaban J connectivity index is 1.41. The van der Waals surface area contributed by atoms with E-state index >= 15 is 0 Å². The van der Waals surface area contributed by atoms with E-state index in [1.54, 1.807) is 23.4 Å². The smallest absolute Gasteiger partial charge is 0.276 e. The molecular weight excluding hydrogens is 336 g/mol. The molecule has 2 aliphatic rings. The normalized spacial score (nSPS) is 18.8. The third kappa shape index (κ3) is 4.20. The van der Waals surface area contributed by atoms with Crippen LogP contribution in [0.2, 0.25) is 0 Å². The molecule has 0 bridgehead atoms.